The SMILES string of the molecule is CCCCC(C(C)=O)P(=O)(c1ccccc1)c1ccccc1. The maximum Gasteiger partial charge on any atom is 0.153 e. The van der Waals surface area contributed by atoms with Gasteiger partial charge in [0.05, 0.1) is 5.66 Å². The van der Waals surface area contributed by atoms with E-state index in [0.29, 0.717) is 6.42 Å². The van der Waals surface area contributed by atoms with Gasteiger partial charge in [0.15, 0.2) is 7.14 Å². The summed E-state index contributed by atoms with van der Waals surface area (Å²) in [6.07, 6.45) is 2.58. The van der Waals surface area contributed by atoms with Crippen LogP contribution in [0.5, 0.6) is 0 Å². The lowest BCUT2D eigenvalue weighted by atomic mass is 10.1. The van der Waals surface area contributed by atoms with Crippen molar-refractivity contribution >= 4 is 23.5 Å². The quantitative estimate of drug-likeness (QED) is 0.720. The molecule has 0 spiro atoms. The molecule has 0 radical (unpaired) electrons. The third-order valence-corrected chi connectivity index (χ3v) is 7.65. The predicted molar refractivity (Wildman–Crippen MR) is 93.8 cm³/mol. The number of carbonyl (C=O) groups excluding carboxylic acids is 1. The molecule has 0 saturated carbocycles. The number of unbranched alkanes of at least 4 members (excludes halogenated alkanes) is 1. The Labute approximate surface area is 132 Å². The van der Waals surface area contributed by atoms with Crippen LogP contribution in [0.3, 0.4) is 0 Å². The summed E-state index contributed by atoms with van der Waals surface area (Å²) in [7, 11) is -2.97. The first-order valence-electron chi connectivity index (χ1n) is 7.82. The fourth-order valence-electron chi connectivity index (χ4n) is 2.85. The standard InChI is InChI=1S/C19H23O2P/c1-3-4-15-19(16(2)20)22(21,17-11-7-5-8-12-17)18-13-9-6-10-14-18/h5-14,19H,3-4,15H2,1-2H3. The molecular formula is C19H23O2P. The fraction of sp³-hybridized carbons (Fsp3) is 0.316. The fourth-order valence-corrected chi connectivity index (χ4v) is 6.15. The smallest absolute Gasteiger partial charge is 0.153 e. The average molecular weight is 314 g/mol. The van der Waals surface area contributed by atoms with Crippen LogP contribution in [0, 0.1) is 0 Å². The molecule has 2 rings (SSSR count). The van der Waals surface area contributed by atoms with Gasteiger partial charge < -0.3 is 4.57 Å². The third kappa shape index (κ3) is 3.39. The van der Waals surface area contributed by atoms with Gasteiger partial charge in [-0.1, -0.05) is 80.4 Å². The molecule has 1 atom stereocenters. The Morgan fingerprint density at radius 3 is 1.77 bits per heavy atom. The summed E-state index contributed by atoms with van der Waals surface area (Å²) in [5.74, 6) is 0.0180. The molecule has 0 aliphatic rings. The van der Waals surface area contributed by atoms with Crippen molar-refractivity contribution < 1.29 is 9.36 Å². The number of rotatable bonds is 7. The molecule has 116 valence electrons. The van der Waals surface area contributed by atoms with Crippen LogP contribution in [0.1, 0.15) is 33.1 Å². The van der Waals surface area contributed by atoms with Crippen molar-refractivity contribution in [1.29, 1.82) is 0 Å². The molecule has 2 aromatic carbocycles. The summed E-state index contributed by atoms with van der Waals surface area (Å²) in [6.45, 7) is 3.66. The zero-order valence-electron chi connectivity index (χ0n) is 13.2. The van der Waals surface area contributed by atoms with Gasteiger partial charge in [-0.3, -0.25) is 4.79 Å². The van der Waals surface area contributed by atoms with Gasteiger partial charge >= 0.3 is 0 Å². The van der Waals surface area contributed by atoms with Gasteiger partial charge in [0, 0.05) is 10.6 Å². The minimum Gasteiger partial charge on any atom is -0.313 e. The van der Waals surface area contributed by atoms with Gasteiger partial charge in [0.2, 0.25) is 0 Å². The molecule has 0 saturated heterocycles. The van der Waals surface area contributed by atoms with Crippen molar-refractivity contribution in [2.45, 2.75) is 38.8 Å². The minimum absolute atomic E-state index is 0.0180. The Bertz CT molecular complexity index is 606. The Kier molecular flexibility index (Phi) is 5.74. The molecule has 0 N–H and O–H groups in total. The zero-order chi connectivity index (χ0) is 16.0. The summed E-state index contributed by atoms with van der Waals surface area (Å²) in [4.78, 5) is 12.3. The molecule has 3 heteroatoms. The van der Waals surface area contributed by atoms with Crippen LogP contribution in [0.2, 0.25) is 0 Å². The average Bonchev–Trinajstić information content (AvgIpc) is 2.56. The Morgan fingerprint density at radius 1 is 0.955 bits per heavy atom. The summed E-state index contributed by atoms with van der Waals surface area (Å²) in [5.41, 5.74) is -0.433. The topological polar surface area (TPSA) is 34.1 Å². The van der Waals surface area contributed by atoms with Crippen molar-refractivity contribution in [3.8, 4) is 0 Å². The second-order valence-corrected chi connectivity index (χ2v) is 8.57. The first-order chi connectivity index (χ1) is 10.6. The minimum atomic E-state index is -2.97. The monoisotopic (exact) mass is 314 g/mol. The van der Waals surface area contributed by atoms with Gasteiger partial charge in [-0.25, -0.2) is 0 Å². The number of hydrogen-bond donors (Lipinski definition) is 0. The van der Waals surface area contributed by atoms with Gasteiger partial charge in [-0.2, -0.15) is 0 Å². The lowest BCUT2D eigenvalue weighted by Gasteiger charge is -2.27. The maximum atomic E-state index is 14.0. The van der Waals surface area contributed by atoms with E-state index >= 15 is 0 Å². The number of benzene rings is 2. The van der Waals surface area contributed by atoms with Crippen LogP contribution < -0.4 is 10.6 Å². The highest BCUT2D eigenvalue weighted by Crippen LogP contribution is 2.50. The molecule has 0 bridgehead atoms. The van der Waals surface area contributed by atoms with E-state index in [4.69, 9.17) is 0 Å². The highest BCUT2D eigenvalue weighted by molar-refractivity contribution is 7.80. The van der Waals surface area contributed by atoms with E-state index in [1.54, 1.807) is 6.92 Å². The first-order valence-corrected chi connectivity index (χ1v) is 9.59. The van der Waals surface area contributed by atoms with E-state index in [9.17, 15) is 9.36 Å². The second-order valence-electron chi connectivity index (χ2n) is 5.60. The van der Waals surface area contributed by atoms with Gasteiger partial charge in [0.1, 0.15) is 5.78 Å². The third-order valence-electron chi connectivity index (χ3n) is 4.02. The van der Waals surface area contributed by atoms with E-state index in [1.807, 2.05) is 60.7 Å². The van der Waals surface area contributed by atoms with Crippen molar-refractivity contribution in [1.82, 2.24) is 0 Å². The zero-order valence-corrected chi connectivity index (χ0v) is 14.1. The van der Waals surface area contributed by atoms with Crippen LogP contribution in [0.4, 0.5) is 0 Å². The largest absolute Gasteiger partial charge is 0.313 e. The highest BCUT2D eigenvalue weighted by Gasteiger charge is 2.38. The van der Waals surface area contributed by atoms with Crippen LogP contribution in [0.25, 0.3) is 0 Å². The lowest BCUT2D eigenvalue weighted by Crippen LogP contribution is -2.30. The van der Waals surface area contributed by atoms with Crippen LogP contribution in [-0.4, -0.2) is 11.4 Å². The number of Topliss-reactive ketones (excluding diaryl/α,β-unsaturated/α-hetero) is 1. The van der Waals surface area contributed by atoms with Crippen molar-refractivity contribution in [3.05, 3.63) is 60.7 Å². The highest BCUT2D eigenvalue weighted by atomic mass is 31.2. The van der Waals surface area contributed by atoms with Gasteiger partial charge in [-0.05, 0) is 13.3 Å². The molecule has 0 aliphatic heterocycles. The number of carbonyl (C=O) groups is 1. The predicted octanol–water partition coefficient (Wildman–Crippen LogP) is 4.15. The molecule has 1 unspecified atom stereocenters. The molecule has 0 amide bonds. The molecule has 0 aromatic heterocycles. The molecule has 0 fully saturated rings. The van der Waals surface area contributed by atoms with Crippen molar-refractivity contribution in [2.24, 2.45) is 0 Å². The second kappa shape index (κ2) is 7.56. The first kappa shape index (κ1) is 16.7. The number of ketones is 1. The molecule has 0 aliphatic carbocycles. The van der Waals surface area contributed by atoms with Gasteiger partial charge in [-0.15, -0.1) is 0 Å². The van der Waals surface area contributed by atoms with E-state index < -0.39 is 12.8 Å². The summed E-state index contributed by atoms with van der Waals surface area (Å²) in [6, 6.07) is 18.9. The Hall–Kier alpha value is -1.66. The molecule has 2 aromatic rings. The number of hydrogen-bond acceptors (Lipinski definition) is 2. The molecule has 2 nitrogen and oxygen atoms in total. The Morgan fingerprint density at radius 2 is 1.41 bits per heavy atom. The van der Waals surface area contributed by atoms with E-state index in [1.165, 1.54) is 0 Å². The summed E-state index contributed by atoms with van der Waals surface area (Å²) < 4.78 is 14.0. The molecule has 22 heavy (non-hydrogen) atoms. The lowest BCUT2D eigenvalue weighted by molar-refractivity contribution is -0.116. The van der Waals surface area contributed by atoms with Crippen LogP contribution in [-0.2, 0) is 9.36 Å². The normalized spacial score (nSPS) is 12.8. The molecule has 0 heterocycles. The van der Waals surface area contributed by atoms with E-state index in [0.717, 1.165) is 23.5 Å². The van der Waals surface area contributed by atoms with Crippen LogP contribution in [0.15, 0.2) is 60.7 Å². The van der Waals surface area contributed by atoms with Gasteiger partial charge in [0.25, 0.3) is 0 Å². The van der Waals surface area contributed by atoms with Crippen molar-refractivity contribution in [3.63, 3.8) is 0 Å². The van der Waals surface area contributed by atoms with E-state index in [2.05, 4.69) is 6.92 Å². The van der Waals surface area contributed by atoms with Crippen LogP contribution >= 0.6 is 7.14 Å². The Balaban J connectivity index is 2.59. The summed E-state index contributed by atoms with van der Waals surface area (Å²) in [5, 5.41) is 1.55. The van der Waals surface area contributed by atoms with Crippen molar-refractivity contribution in [2.75, 3.05) is 0 Å². The van der Waals surface area contributed by atoms with E-state index in [-0.39, 0.29) is 5.78 Å². The maximum absolute atomic E-state index is 14.0. The summed E-state index contributed by atoms with van der Waals surface area (Å²) >= 11 is 0. The molecular weight excluding hydrogens is 291 g/mol.